The molecule has 5 N–H and O–H groups in total. The Morgan fingerprint density at radius 3 is 2.50 bits per heavy atom. The summed E-state index contributed by atoms with van der Waals surface area (Å²) in [6.07, 6.45) is 3.11. The lowest BCUT2D eigenvalue weighted by atomic mass is 10.1. The van der Waals surface area contributed by atoms with E-state index in [4.69, 9.17) is 11.7 Å². The fraction of sp³-hybridized carbons (Fsp3) is 0.143. The molecule has 20 heavy (non-hydrogen) atoms. The van der Waals surface area contributed by atoms with Crippen molar-refractivity contribution >= 4 is 5.91 Å². The van der Waals surface area contributed by atoms with Gasteiger partial charge in [-0.3, -0.25) is 26.1 Å². The zero-order valence-electron chi connectivity index (χ0n) is 11.0. The third-order valence-electron chi connectivity index (χ3n) is 2.85. The molecule has 0 aliphatic heterocycles. The summed E-state index contributed by atoms with van der Waals surface area (Å²) >= 11 is 0. The standard InChI is InChI=1S/C14H17N5O/c15-18-8-11-3-5-12(6-4-11)10-19(16)14(20)13-2-1-7-17-9-13/h1-7,9,18H,8,10,15-16H2. The molecular formula is C14H17N5O. The van der Waals surface area contributed by atoms with E-state index in [1.54, 1.807) is 18.3 Å². The highest BCUT2D eigenvalue weighted by molar-refractivity contribution is 5.93. The number of nitrogens with two attached hydrogens (primary N) is 2. The van der Waals surface area contributed by atoms with E-state index in [1.807, 2.05) is 24.3 Å². The van der Waals surface area contributed by atoms with Crippen molar-refractivity contribution in [1.29, 1.82) is 0 Å². The molecule has 1 aromatic carbocycles. The van der Waals surface area contributed by atoms with Gasteiger partial charge < -0.3 is 0 Å². The van der Waals surface area contributed by atoms with Gasteiger partial charge >= 0.3 is 0 Å². The van der Waals surface area contributed by atoms with Crippen molar-refractivity contribution in [2.45, 2.75) is 13.1 Å². The lowest BCUT2D eigenvalue weighted by Gasteiger charge is -2.16. The summed E-state index contributed by atoms with van der Waals surface area (Å²) in [5, 5.41) is 1.17. The quantitative estimate of drug-likeness (QED) is 0.419. The van der Waals surface area contributed by atoms with Crippen molar-refractivity contribution in [1.82, 2.24) is 15.4 Å². The Kier molecular flexibility index (Phi) is 4.78. The van der Waals surface area contributed by atoms with Crippen molar-refractivity contribution in [3.63, 3.8) is 0 Å². The van der Waals surface area contributed by atoms with Gasteiger partial charge in [0.2, 0.25) is 0 Å². The van der Waals surface area contributed by atoms with Gasteiger partial charge in [-0.1, -0.05) is 24.3 Å². The molecule has 2 rings (SSSR count). The highest BCUT2D eigenvalue weighted by Crippen LogP contribution is 2.08. The number of nitrogens with one attached hydrogen (secondary N) is 1. The smallest absolute Gasteiger partial charge is 0.269 e. The molecule has 6 heteroatoms. The molecule has 104 valence electrons. The molecule has 0 radical (unpaired) electrons. The fourth-order valence-corrected chi connectivity index (χ4v) is 1.80. The predicted molar refractivity (Wildman–Crippen MR) is 75.8 cm³/mol. The van der Waals surface area contributed by atoms with Gasteiger partial charge in [0.05, 0.1) is 12.1 Å². The second-order valence-corrected chi connectivity index (χ2v) is 4.37. The number of benzene rings is 1. The number of hydrogen-bond donors (Lipinski definition) is 3. The van der Waals surface area contributed by atoms with Crippen LogP contribution in [0, 0.1) is 0 Å². The molecule has 2 aromatic rings. The van der Waals surface area contributed by atoms with Gasteiger partial charge in [-0.05, 0) is 23.3 Å². The molecule has 0 aliphatic carbocycles. The average molecular weight is 271 g/mol. The molecule has 6 nitrogen and oxygen atoms in total. The minimum atomic E-state index is -0.259. The van der Waals surface area contributed by atoms with Crippen LogP contribution in [0.1, 0.15) is 21.5 Å². The predicted octanol–water partition coefficient (Wildman–Crippen LogP) is 0.561. The minimum Gasteiger partial charge on any atom is -0.272 e. The third-order valence-corrected chi connectivity index (χ3v) is 2.85. The first-order valence-corrected chi connectivity index (χ1v) is 6.18. The number of aromatic nitrogens is 1. The van der Waals surface area contributed by atoms with E-state index in [0.29, 0.717) is 18.7 Å². The summed E-state index contributed by atoms with van der Waals surface area (Å²) in [6.45, 7) is 0.936. The van der Waals surface area contributed by atoms with E-state index in [1.165, 1.54) is 11.2 Å². The highest BCUT2D eigenvalue weighted by Gasteiger charge is 2.12. The SMILES string of the molecule is NNCc1ccc(CN(N)C(=O)c2cccnc2)cc1. The normalized spacial score (nSPS) is 10.3. The molecule has 0 atom stereocenters. The first-order valence-electron chi connectivity index (χ1n) is 6.18. The lowest BCUT2D eigenvalue weighted by molar-refractivity contribution is 0.0742. The number of pyridine rings is 1. The maximum atomic E-state index is 12.1. The van der Waals surface area contributed by atoms with Crippen LogP contribution in [0.25, 0.3) is 0 Å². The van der Waals surface area contributed by atoms with E-state index < -0.39 is 0 Å². The van der Waals surface area contributed by atoms with E-state index in [-0.39, 0.29) is 5.91 Å². The van der Waals surface area contributed by atoms with Gasteiger partial charge in [-0.2, -0.15) is 0 Å². The Morgan fingerprint density at radius 2 is 1.90 bits per heavy atom. The molecule has 1 aromatic heterocycles. The van der Waals surface area contributed by atoms with Crippen LogP contribution in [-0.4, -0.2) is 15.9 Å². The molecule has 0 saturated carbocycles. The monoisotopic (exact) mass is 271 g/mol. The molecule has 0 saturated heterocycles. The molecule has 1 heterocycles. The van der Waals surface area contributed by atoms with Gasteiger partial charge in [-0.25, -0.2) is 5.84 Å². The number of nitrogens with zero attached hydrogens (tertiary/aromatic N) is 2. The number of rotatable bonds is 5. The first kappa shape index (κ1) is 14.1. The van der Waals surface area contributed by atoms with Crippen LogP contribution in [0.4, 0.5) is 0 Å². The van der Waals surface area contributed by atoms with Crippen molar-refractivity contribution in [3.05, 3.63) is 65.5 Å². The molecule has 0 unspecified atom stereocenters. The zero-order chi connectivity index (χ0) is 14.4. The van der Waals surface area contributed by atoms with Crippen molar-refractivity contribution < 1.29 is 4.79 Å². The molecule has 1 amide bonds. The fourth-order valence-electron chi connectivity index (χ4n) is 1.80. The minimum absolute atomic E-state index is 0.259. The van der Waals surface area contributed by atoms with E-state index in [9.17, 15) is 4.79 Å². The highest BCUT2D eigenvalue weighted by atomic mass is 16.2. The summed E-state index contributed by atoms with van der Waals surface area (Å²) in [6, 6.07) is 11.1. The number of hydrogen-bond acceptors (Lipinski definition) is 5. The average Bonchev–Trinajstić information content (AvgIpc) is 2.49. The second-order valence-electron chi connectivity index (χ2n) is 4.37. The third kappa shape index (κ3) is 3.61. The molecular weight excluding hydrogens is 254 g/mol. The van der Waals surface area contributed by atoms with Gasteiger partial charge in [0.15, 0.2) is 0 Å². The van der Waals surface area contributed by atoms with Crippen LogP contribution in [0.2, 0.25) is 0 Å². The summed E-state index contributed by atoms with van der Waals surface area (Å²) in [5.74, 6) is 10.8. The van der Waals surface area contributed by atoms with E-state index in [2.05, 4.69) is 10.4 Å². The number of carbonyl (C=O) groups is 1. The van der Waals surface area contributed by atoms with Crippen molar-refractivity contribution in [2.75, 3.05) is 0 Å². The summed E-state index contributed by atoms with van der Waals surface area (Å²) in [7, 11) is 0. The van der Waals surface area contributed by atoms with Gasteiger partial charge in [-0.15, -0.1) is 0 Å². The maximum absolute atomic E-state index is 12.1. The Hall–Kier alpha value is -2.28. The first-order chi connectivity index (χ1) is 9.70. The number of carbonyl (C=O) groups excluding carboxylic acids is 1. The Labute approximate surface area is 117 Å². The van der Waals surface area contributed by atoms with Crippen LogP contribution in [0.5, 0.6) is 0 Å². The molecule has 0 aliphatic rings. The largest absolute Gasteiger partial charge is 0.272 e. The van der Waals surface area contributed by atoms with E-state index in [0.717, 1.165) is 11.1 Å². The Morgan fingerprint density at radius 1 is 1.20 bits per heavy atom. The van der Waals surface area contributed by atoms with Crippen LogP contribution >= 0.6 is 0 Å². The summed E-state index contributed by atoms with van der Waals surface area (Å²) < 4.78 is 0. The molecule has 0 spiro atoms. The van der Waals surface area contributed by atoms with Crippen LogP contribution < -0.4 is 17.1 Å². The van der Waals surface area contributed by atoms with Crippen molar-refractivity contribution in [2.24, 2.45) is 11.7 Å². The number of hydrazine groups is 2. The van der Waals surface area contributed by atoms with Gasteiger partial charge in [0.25, 0.3) is 5.91 Å². The summed E-state index contributed by atoms with van der Waals surface area (Å²) in [5.41, 5.74) is 5.08. The van der Waals surface area contributed by atoms with Crippen LogP contribution in [0.3, 0.4) is 0 Å². The van der Waals surface area contributed by atoms with Gasteiger partial charge in [0, 0.05) is 18.9 Å². The maximum Gasteiger partial charge on any atom is 0.269 e. The lowest BCUT2D eigenvalue weighted by Crippen LogP contribution is -2.36. The topological polar surface area (TPSA) is 97.3 Å². The van der Waals surface area contributed by atoms with E-state index >= 15 is 0 Å². The van der Waals surface area contributed by atoms with Crippen LogP contribution in [-0.2, 0) is 13.1 Å². The molecule has 0 bridgehead atoms. The van der Waals surface area contributed by atoms with Gasteiger partial charge in [0.1, 0.15) is 0 Å². The number of amides is 1. The van der Waals surface area contributed by atoms with Crippen molar-refractivity contribution in [3.8, 4) is 0 Å². The molecule has 0 fully saturated rings. The summed E-state index contributed by atoms with van der Waals surface area (Å²) in [4.78, 5) is 16.0. The zero-order valence-corrected chi connectivity index (χ0v) is 11.0. The second kappa shape index (κ2) is 6.76. The van der Waals surface area contributed by atoms with Crippen LogP contribution in [0.15, 0.2) is 48.8 Å². The Balaban J connectivity index is 2.00. The Bertz CT molecular complexity index is 556.